The third-order valence-corrected chi connectivity index (χ3v) is 7.55. The van der Waals surface area contributed by atoms with Gasteiger partial charge in [0.2, 0.25) is 5.78 Å². The van der Waals surface area contributed by atoms with Crippen LogP contribution < -0.4 is 11.5 Å². The van der Waals surface area contributed by atoms with Gasteiger partial charge in [-0.05, 0) is 25.8 Å². The van der Waals surface area contributed by atoms with Gasteiger partial charge in [0.15, 0.2) is 12.1 Å². The van der Waals surface area contributed by atoms with E-state index in [2.05, 4.69) is 0 Å². The zero-order chi connectivity index (χ0) is 26.8. The Bertz CT molecular complexity index is 1310. The molecule has 1 saturated heterocycles. The fourth-order valence-corrected chi connectivity index (χ4v) is 5.61. The molecule has 2 aliphatic carbocycles. The van der Waals surface area contributed by atoms with E-state index in [0.29, 0.717) is 0 Å². The first kappa shape index (κ1) is 25.3. The highest BCUT2D eigenvalue weighted by molar-refractivity contribution is 6.31. The fourth-order valence-electron chi connectivity index (χ4n) is 5.61. The molecule has 0 saturated carbocycles. The summed E-state index contributed by atoms with van der Waals surface area (Å²) < 4.78 is 11.9. The van der Waals surface area contributed by atoms with E-state index >= 15 is 0 Å². The first-order valence-electron chi connectivity index (χ1n) is 12.0. The van der Waals surface area contributed by atoms with Gasteiger partial charge >= 0.3 is 0 Å². The zero-order valence-corrected chi connectivity index (χ0v) is 20.0. The number of phenols is 3. The Hall–Kier alpha value is -3.35. The zero-order valence-electron chi connectivity index (χ0n) is 20.0. The number of fused-ring (bicyclic) bond motifs is 3. The van der Waals surface area contributed by atoms with E-state index < -0.39 is 76.5 Å². The van der Waals surface area contributed by atoms with E-state index in [1.54, 1.807) is 6.92 Å². The van der Waals surface area contributed by atoms with Crippen LogP contribution in [0.25, 0.3) is 0 Å². The molecule has 196 valence electrons. The van der Waals surface area contributed by atoms with Crippen LogP contribution in [-0.2, 0) is 20.7 Å². The van der Waals surface area contributed by atoms with Crippen LogP contribution in [0.2, 0.25) is 0 Å². The van der Waals surface area contributed by atoms with E-state index in [4.69, 9.17) is 20.9 Å². The molecule has 0 unspecified atom stereocenters. The van der Waals surface area contributed by atoms with Gasteiger partial charge in [-0.3, -0.25) is 14.4 Å². The summed E-state index contributed by atoms with van der Waals surface area (Å²) in [6, 6.07) is 3.34. The van der Waals surface area contributed by atoms with Crippen molar-refractivity contribution in [2.24, 2.45) is 17.4 Å². The Balaban J connectivity index is 1.65. The Morgan fingerprint density at radius 1 is 1.08 bits per heavy atom. The van der Waals surface area contributed by atoms with Crippen molar-refractivity contribution in [3.63, 3.8) is 0 Å². The van der Waals surface area contributed by atoms with Gasteiger partial charge in [-0.1, -0.05) is 12.1 Å². The molecule has 1 fully saturated rings. The molecule has 0 spiro atoms. The lowest BCUT2D eigenvalue weighted by Crippen LogP contribution is -2.52. The van der Waals surface area contributed by atoms with Crippen LogP contribution >= 0.6 is 0 Å². The van der Waals surface area contributed by atoms with Crippen molar-refractivity contribution in [2.75, 3.05) is 6.54 Å². The van der Waals surface area contributed by atoms with Crippen molar-refractivity contribution in [3.05, 3.63) is 51.6 Å². The quantitative estimate of drug-likeness (QED) is 0.266. The molecule has 11 heteroatoms. The lowest BCUT2D eigenvalue weighted by Gasteiger charge is -2.40. The maximum absolute atomic E-state index is 13.4. The fraction of sp³-hybridized carbons (Fsp3) is 0.423. The maximum atomic E-state index is 13.4. The van der Waals surface area contributed by atoms with Crippen molar-refractivity contribution in [3.8, 4) is 17.2 Å². The molecule has 6 atom stereocenters. The number of rotatable bonds is 4. The van der Waals surface area contributed by atoms with E-state index in [1.165, 1.54) is 18.2 Å². The number of benzene rings is 2. The third kappa shape index (κ3) is 3.90. The lowest BCUT2D eigenvalue weighted by atomic mass is 9.73. The van der Waals surface area contributed by atoms with Crippen LogP contribution in [0.4, 0.5) is 0 Å². The predicted molar refractivity (Wildman–Crippen MR) is 127 cm³/mol. The van der Waals surface area contributed by atoms with Gasteiger partial charge in [-0.15, -0.1) is 0 Å². The average molecular weight is 513 g/mol. The number of ether oxygens (including phenoxy) is 2. The van der Waals surface area contributed by atoms with Crippen LogP contribution in [0.5, 0.6) is 17.2 Å². The number of hydrogen-bond donors (Lipinski definition) is 6. The SMILES string of the molecule is C[C@@H]1O[C@@H](O[C@H]2C[C@@H](C(=O)CN)Cc3c(O)c4c(c(O)c32)C(=O)c2c(O)cccc2C4=O)C[C@H](N)[C@@H]1O. The number of Topliss-reactive ketones (excluding diaryl/α,β-unsaturated/α-hetero) is 1. The smallest absolute Gasteiger partial charge is 0.202 e. The molecular weight excluding hydrogens is 484 g/mol. The molecule has 0 radical (unpaired) electrons. The van der Waals surface area contributed by atoms with Gasteiger partial charge in [-0.2, -0.15) is 0 Å². The maximum Gasteiger partial charge on any atom is 0.202 e. The molecule has 37 heavy (non-hydrogen) atoms. The molecule has 2 aromatic rings. The molecule has 1 heterocycles. The number of hydrogen-bond acceptors (Lipinski definition) is 11. The highest BCUT2D eigenvalue weighted by Crippen LogP contribution is 2.51. The summed E-state index contributed by atoms with van der Waals surface area (Å²) in [5.41, 5.74) is 10.5. The van der Waals surface area contributed by atoms with Crippen LogP contribution in [0.1, 0.15) is 68.8 Å². The largest absolute Gasteiger partial charge is 0.507 e. The van der Waals surface area contributed by atoms with Crippen LogP contribution in [-0.4, -0.2) is 68.9 Å². The molecule has 8 N–H and O–H groups in total. The standard InChI is InChI=1S/C26H28N2O9/c1-9-22(31)13(28)7-17(36-9)37-16-6-10(15(30)8-27)5-12-19(16)26(35)21-20(24(12)33)23(32)11-3-2-4-14(29)18(11)25(21)34/h2-4,9-10,13,16-17,22,29,31,33,35H,5-8,27-28H2,1H3/t9-,10-,13-,16-,17-,22+/m0/s1. The minimum Gasteiger partial charge on any atom is -0.507 e. The molecule has 1 aliphatic heterocycles. The first-order chi connectivity index (χ1) is 17.5. The summed E-state index contributed by atoms with van der Waals surface area (Å²) in [4.78, 5) is 39.3. The number of aromatic hydroxyl groups is 3. The number of aliphatic hydroxyl groups is 1. The van der Waals surface area contributed by atoms with E-state index in [9.17, 15) is 34.8 Å². The summed E-state index contributed by atoms with van der Waals surface area (Å²) in [5, 5.41) is 43.1. The molecular formula is C26H28N2O9. The van der Waals surface area contributed by atoms with Crippen molar-refractivity contribution < 1.29 is 44.3 Å². The normalized spacial score (nSPS) is 28.9. The first-order valence-corrected chi connectivity index (χ1v) is 12.0. The molecule has 3 aliphatic rings. The number of phenolic OH excluding ortho intramolecular Hbond substituents is 3. The molecule has 0 amide bonds. The highest BCUT2D eigenvalue weighted by atomic mass is 16.7. The number of aliphatic hydroxyl groups excluding tert-OH is 1. The van der Waals surface area contributed by atoms with Crippen molar-refractivity contribution >= 4 is 17.3 Å². The lowest BCUT2D eigenvalue weighted by molar-refractivity contribution is -0.243. The number of ketones is 3. The Morgan fingerprint density at radius 3 is 2.46 bits per heavy atom. The molecule has 0 aromatic heterocycles. The van der Waals surface area contributed by atoms with Crippen molar-refractivity contribution in [1.82, 2.24) is 0 Å². The summed E-state index contributed by atoms with van der Waals surface area (Å²) in [6.07, 6.45) is -3.37. The van der Waals surface area contributed by atoms with E-state index in [-0.39, 0.29) is 53.8 Å². The minimum absolute atomic E-state index is 0.0353. The molecule has 2 aromatic carbocycles. The Labute approximate surface area is 211 Å². The average Bonchev–Trinajstić information content (AvgIpc) is 2.86. The minimum atomic E-state index is -1.03. The number of carbonyl (C=O) groups excluding carboxylic acids is 3. The molecule has 11 nitrogen and oxygen atoms in total. The summed E-state index contributed by atoms with van der Waals surface area (Å²) >= 11 is 0. The van der Waals surface area contributed by atoms with Gasteiger partial charge < -0.3 is 41.4 Å². The molecule has 0 bridgehead atoms. The van der Waals surface area contributed by atoms with Gasteiger partial charge in [0.1, 0.15) is 23.0 Å². The summed E-state index contributed by atoms with van der Waals surface area (Å²) in [7, 11) is 0. The topological polar surface area (TPSA) is 203 Å². The summed E-state index contributed by atoms with van der Waals surface area (Å²) in [6.45, 7) is 1.37. The van der Waals surface area contributed by atoms with Crippen LogP contribution in [0, 0.1) is 5.92 Å². The highest BCUT2D eigenvalue weighted by Gasteiger charge is 2.45. The van der Waals surface area contributed by atoms with Gasteiger partial charge in [0, 0.05) is 35.1 Å². The van der Waals surface area contributed by atoms with Gasteiger partial charge in [0.25, 0.3) is 0 Å². The summed E-state index contributed by atoms with van der Waals surface area (Å²) in [5.74, 6) is -4.13. The molecule has 5 rings (SSSR count). The Kier molecular flexibility index (Phi) is 6.29. The van der Waals surface area contributed by atoms with Gasteiger partial charge in [0.05, 0.1) is 41.5 Å². The van der Waals surface area contributed by atoms with E-state index in [1.807, 2.05) is 0 Å². The van der Waals surface area contributed by atoms with Crippen LogP contribution in [0.3, 0.4) is 0 Å². The second-order valence-corrected chi connectivity index (χ2v) is 9.79. The van der Waals surface area contributed by atoms with Crippen LogP contribution in [0.15, 0.2) is 18.2 Å². The number of nitrogens with two attached hydrogens (primary N) is 2. The number of carbonyl (C=O) groups is 3. The van der Waals surface area contributed by atoms with E-state index in [0.717, 1.165) is 0 Å². The van der Waals surface area contributed by atoms with Crippen molar-refractivity contribution in [2.45, 2.75) is 56.8 Å². The predicted octanol–water partition coefficient (Wildman–Crippen LogP) is 0.550. The Morgan fingerprint density at radius 2 is 1.78 bits per heavy atom. The second kappa shape index (κ2) is 9.19. The third-order valence-electron chi connectivity index (χ3n) is 7.55. The second-order valence-electron chi connectivity index (χ2n) is 9.79. The monoisotopic (exact) mass is 512 g/mol. The van der Waals surface area contributed by atoms with Crippen molar-refractivity contribution in [1.29, 1.82) is 0 Å². The van der Waals surface area contributed by atoms with Gasteiger partial charge in [-0.25, -0.2) is 0 Å².